The number of hydrogen-bond acceptors (Lipinski definition) is 5. The van der Waals surface area contributed by atoms with Crippen molar-refractivity contribution in [3.8, 4) is 5.75 Å². The molecular weight excluding hydrogens is 642 g/mol. The van der Waals surface area contributed by atoms with Crippen LogP contribution >= 0.6 is 43.5 Å². The average molecular weight is 662 g/mol. The summed E-state index contributed by atoms with van der Waals surface area (Å²) in [5, 5.41) is 5.29. The average Bonchev–Trinajstić information content (AvgIpc) is 2.84. The number of anilines is 2. The largest absolute Gasteiger partial charge is 0.482 e. The van der Waals surface area contributed by atoms with E-state index in [2.05, 4.69) is 42.5 Å². The van der Waals surface area contributed by atoms with Gasteiger partial charge < -0.3 is 10.1 Å². The first-order valence-electron chi connectivity index (χ1n) is 11.2. The Balaban J connectivity index is 1.63. The molecule has 1 aliphatic heterocycles. The number of benzene rings is 3. The van der Waals surface area contributed by atoms with Crippen LogP contribution in [0.5, 0.6) is 5.75 Å². The Kier molecular flexibility index (Phi) is 8.35. The summed E-state index contributed by atoms with van der Waals surface area (Å²) in [6.45, 7) is 3.39. The monoisotopic (exact) mass is 659 g/mol. The SMILES string of the molecule is Cc1ccc(NC(=O)COc2c(Br)cc(Br)cc2/C=C2\C(=O)NC(=O)N(c3ccc(C)c(Cl)c3)C2=O)cc1. The van der Waals surface area contributed by atoms with Gasteiger partial charge in [0.15, 0.2) is 6.61 Å². The van der Waals surface area contributed by atoms with E-state index in [0.717, 1.165) is 16.0 Å². The van der Waals surface area contributed by atoms with Crippen molar-refractivity contribution in [3.63, 3.8) is 0 Å². The molecule has 0 unspecified atom stereocenters. The standard InChI is InChI=1S/C27H20Br2ClN3O5/c1-14-3-6-18(7-4-14)31-23(34)13-38-24-16(9-17(28)11-21(24)29)10-20-25(35)32-27(37)33(26(20)36)19-8-5-15(2)22(30)12-19/h3-12H,13H2,1-2H3,(H,31,34)(H,32,35,37)/b20-10+. The van der Waals surface area contributed by atoms with Gasteiger partial charge in [-0.05, 0) is 77.8 Å². The van der Waals surface area contributed by atoms with Gasteiger partial charge in [0.05, 0.1) is 10.2 Å². The van der Waals surface area contributed by atoms with Crippen molar-refractivity contribution in [1.29, 1.82) is 0 Å². The second kappa shape index (κ2) is 11.5. The quantitative estimate of drug-likeness (QED) is 0.243. The Morgan fingerprint density at radius 3 is 2.45 bits per heavy atom. The summed E-state index contributed by atoms with van der Waals surface area (Å²) in [6.07, 6.45) is 1.30. The molecule has 1 heterocycles. The summed E-state index contributed by atoms with van der Waals surface area (Å²) in [5.41, 5.74) is 2.67. The number of urea groups is 1. The Bertz CT molecular complexity index is 1510. The fourth-order valence-electron chi connectivity index (χ4n) is 3.58. The molecule has 0 saturated carbocycles. The maximum atomic E-state index is 13.3. The molecule has 3 aromatic rings. The van der Waals surface area contributed by atoms with Crippen molar-refractivity contribution >= 4 is 84.7 Å². The predicted octanol–water partition coefficient (Wildman–Crippen LogP) is 6.17. The highest BCUT2D eigenvalue weighted by molar-refractivity contribution is 9.11. The highest BCUT2D eigenvalue weighted by Gasteiger charge is 2.37. The zero-order valence-electron chi connectivity index (χ0n) is 20.1. The van der Waals surface area contributed by atoms with Crippen LogP contribution in [0.15, 0.2) is 69.1 Å². The summed E-state index contributed by atoms with van der Waals surface area (Å²) in [4.78, 5) is 51.9. The molecule has 0 bridgehead atoms. The minimum Gasteiger partial charge on any atom is -0.482 e. The number of ether oxygens (including phenoxy) is 1. The van der Waals surface area contributed by atoms with Crippen LogP contribution in [0.3, 0.4) is 0 Å². The minimum absolute atomic E-state index is 0.209. The lowest BCUT2D eigenvalue weighted by Crippen LogP contribution is -2.54. The highest BCUT2D eigenvalue weighted by Crippen LogP contribution is 2.35. The first kappa shape index (κ1) is 27.6. The van der Waals surface area contributed by atoms with E-state index in [0.29, 0.717) is 25.2 Å². The Hall–Kier alpha value is -3.47. The molecule has 0 aliphatic carbocycles. The molecule has 1 aliphatic rings. The van der Waals surface area contributed by atoms with Gasteiger partial charge in [0.1, 0.15) is 11.3 Å². The van der Waals surface area contributed by atoms with Crippen LogP contribution in [0.4, 0.5) is 16.2 Å². The second-order valence-electron chi connectivity index (χ2n) is 8.40. The van der Waals surface area contributed by atoms with Gasteiger partial charge in [0.25, 0.3) is 17.7 Å². The third-order valence-electron chi connectivity index (χ3n) is 5.54. The summed E-state index contributed by atoms with van der Waals surface area (Å²) in [6, 6.07) is 14.4. The lowest BCUT2D eigenvalue weighted by molar-refractivity contribution is -0.122. The number of carbonyl (C=O) groups is 4. The van der Waals surface area contributed by atoms with E-state index in [1.54, 1.807) is 43.3 Å². The molecule has 3 aromatic carbocycles. The van der Waals surface area contributed by atoms with Gasteiger partial charge in [-0.25, -0.2) is 9.69 Å². The number of nitrogens with one attached hydrogen (secondary N) is 2. The molecule has 1 fully saturated rings. The summed E-state index contributed by atoms with van der Waals surface area (Å²) < 4.78 is 6.88. The molecule has 2 N–H and O–H groups in total. The number of imide groups is 2. The summed E-state index contributed by atoms with van der Waals surface area (Å²) in [7, 11) is 0. The summed E-state index contributed by atoms with van der Waals surface area (Å²) in [5.74, 6) is -1.88. The number of nitrogens with zero attached hydrogens (tertiary/aromatic N) is 1. The van der Waals surface area contributed by atoms with Crippen molar-refractivity contribution in [1.82, 2.24) is 5.32 Å². The second-order valence-corrected chi connectivity index (χ2v) is 10.6. The minimum atomic E-state index is -0.892. The van der Waals surface area contributed by atoms with Gasteiger partial charge in [-0.3, -0.25) is 19.7 Å². The molecule has 5 amide bonds. The molecule has 8 nitrogen and oxygen atoms in total. The first-order chi connectivity index (χ1) is 18.0. The van der Waals surface area contributed by atoms with E-state index in [4.69, 9.17) is 16.3 Å². The van der Waals surface area contributed by atoms with Gasteiger partial charge in [-0.15, -0.1) is 0 Å². The van der Waals surface area contributed by atoms with E-state index >= 15 is 0 Å². The maximum Gasteiger partial charge on any atom is 0.335 e. The number of aryl methyl sites for hydroxylation is 2. The fourth-order valence-corrected chi connectivity index (χ4v) is 5.13. The summed E-state index contributed by atoms with van der Waals surface area (Å²) >= 11 is 13.0. The van der Waals surface area contributed by atoms with Crippen molar-refractivity contribution in [3.05, 3.63) is 90.8 Å². The van der Waals surface area contributed by atoms with E-state index in [1.165, 1.54) is 12.1 Å². The smallest absolute Gasteiger partial charge is 0.335 e. The van der Waals surface area contributed by atoms with Crippen molar-refractivity contribution in [2.24, 2.45) is 0 Å². The number of halogens is 3. The molecule has 0 atom stereocenters. The van der Waals surface area contributed by atoms with Crippen LogP contribution < -0.4 is 20.3 Å². The third-order valence-corrected chi connectivity index (χ3v) is 6.99. The molecule has 11 heteroatoms. The molecule has 0 radical (unpaired) electrons. The Morgan fingerprint density at radius 1 is 1.05 bits per heavy atom. The third kappa shape index (κ3) is 6.15. The first-order valence-corrected chi connectivity index (χ1v) is 13.2. The zero-order chi connectivity index (χ0) is 27.6. The van der Waals surface area contributed by atoms with Crippen LogP contribution in [0.2, 0.25) is 5.02 Å². The van der Waals surface area contributed by atoms with Gasteiger partial charge in [-0.2, -0.15) is 0 Å². The molecular formula is C27H20Br2ClN3O5. The topological polar surface area (TPSA) is 105 Å². The van der Waals surface area contributed by atoms with Crippen LogP contribution in [-0.2, 0) is 14.4 Å². The highest BCUT2D eigenvalue weighted by atomic mass is 79.9. The van der Waals surface area contributed by atoms with Crippen LogP contribution in [-0.4, -0.2) is 30.4 Å². The number of amides is 5. The fraction of sp³-hybridized carbons (Fsp3) is 0.111. The number of rotatable bonds is 6. The molecule has 0 aromatic heterocycles. The molecule has 1 saturated heterocycles. The lowest BCUT2D eigenvalue weighted by atomic mass is 10.1. The van der Waals surface area contributed by atoms with Gasteiger partial charge >= 0.3 is 6.03 Å². The zero-order valence-corrected chi connectivity index (χ0v) is 24.0. The van der Waals surface area contributed by atoms with Crippen LogP contribution in [0, 0.1) is 13.8 Å². The number of hydrogen-bond donors (Lipinski definition) is 2. The molecule has 194 valence electrons. The van der Waals surface area contributed by atoms with Gasteiger partial charge in [0, 0.05) is 20.7 Å². The number of barbiturate groups is 1. The van der Waals surface area contributed by atoms with Crippen molar-refractivity contribution in [2.45, 2.75) is 13.8 Å². The molecule has 4 rings (SSSR count). The van der Waals surface area contributed by atoms with E-state index in [1.807, 2.05) is 19.1 Å². The van der Waals surface area contributed by atoms with Crippen LogP contribution in [0.25, 0.3) is 6.08 Å². The van der Waals surface area contributed by atoms with E-state index in [-0.39, 0.29) is 23.6 Å². The molecule has 0 spiro atoms. The maximum absolute atomic E-state index is 13.3. The lowest BCUT2D eigenvalue weighted by Gasteiger charge is -2.26. The molecule has 38 heavy (non-hydrogen) atoms. The van der Waals surface area contributed by atoms with Gasteiger partial charge in [-0.1, -0.05) is 51.3 Å². The van der Waals surface area contributed by atoms with Crippen molar-refractivity contribution in [2.75, 3.05) is 16.8 Å². The number of carbonyl (C=O) groups excluding carboxylic acids is 4. The van der Waals surface area contributed by atoms with E-state index < -0.39 is 23.8 Å². The predicted molar refractivity (Wildman–Crippen MR) is 152 cm³/mol. The van der Waals surface area contributed by atoms with Gasteiger partial charge in [0.2, 0.25) is 0 Å². The van der Waals surface area contributed by atoms with Crippen LogP contribution in [0.1, 0.15) is 16.7 Å². The normalized spacial score (nSPS) is 14.5. The Labute approximate surface area is 240 Å². The Morgan fingerprint density at radius 2 is 1.76 bits per heavy atom. The van der Waals surface area contributed by atoms with Crippen molar-refractivity contribution < 1.29 is 23.9 Å². The van der Waals surface area contributed by atoms with E-state index in [9.17, 15) is 19.2 Å².